The number of carbonyl (C=O) groups excluding carboxylic acids is 2. The van der Waals surface area contributed by atoms with Gasteiger partial charge in [0, 0.05) is 21.1 Å². The lowest BCUT2D eigenvalue weighted by atomic mass is 9.92. The van der Waals surface area contributed by atoms with Crippen LogP contribution in [0.15, 0.2) is 83.3 Å². The van der Waals surface area contributed by atoms with Gasteiger partial charge in [-0.25, -0.2) is 0 Å². The maximum absolute atomic E-state index is 14.2. The van der Waals surface area contributed by atoms with Gasteiger partial charge in [-0.3, -0.25) is 19.2 Å². The van der Waals surface area contributed by atoms with Crippen molar-refractivity contribution in [2.45, 2.75) is 44.8 Å². The minimum atomic E-state index is -0.783. The standard InChI is InChI=1S/C28H27BrN4O2/c1-28(2,3)30-26(34)25-23(16-18-10-6-4-7-11-18)33-24(21-17-19(29)14-15-22(21)31-33)27(35)32(25)20-12-8-5-9-13-20/h4-15,17,23,25H,16H2,1-3H3,(H,30,34). The van der Waals surface area contributed by atoms with Crippen molar-refractivity contribution in [3.05, 3.63) is 94.6 Å². The van der Waals surface area contributed by atoms with Crippen LogP contribution < -0.4 is 10.2 Å². The van der Waals surface area contributed by atoms with Gasteiger partial charge in [0.15, 0.2) is 0 Å². The Balaban J connectivity index is 1.76. The first kappa shape index (κ1) is 23.3. The van der Waals surface area contributed by atoms with Gasteiger partial charge in [-0.15, -0.1) is 0 Å². The molecular weight excluding hydrogens is 504 g/mol. The van der Waals surface area contributed by atoms with E-state index >= 15 is 0 Å². The Hall–Kier alpha value is -3.45. The lowest BCUT2D eigenvalue weighted by Gasteiger charge is -2.41. The molecule has 0 fully saturated rings. The van der Waals surface area contributed by atoms with Gasteiger partial charge in [0.2, 0.25) is 5.91 Å². The van der Waals surface area contributed by atoms with Gasteiger partial charge in [-0.05, 0) is 63.1 Å². The maximum atomic E-state index is 14.2. The monoisotopic (exact) mass is 530 g/mol. The van der Waals surface area contributed by atoms with Crippen LogP contribution >= 0.6 is 15.9 Å². The lowest BCUT2D eigenvalue weighted by molar-refractivity contribution is -0.125. The Morgan fingerprint density at radius 1 is 1.00 bits per heavy atom. The molecule has 4 aromatic rings. The molecule has 2 amide bonds. The minimum Gasteiger partial charge on any atom is -0.350 e. The number of rotatable bonds is 4. The Labute approximate surface area is 213 Å². The third-order valence-corrected chi connectivity index (χ3v) is 6.62. The molecule has 178 valence electrons. The highest BCUT2D eigenvalue weighted by Gasteiger charge is 2.47. The Morgan fingerprint density at radius 2 is 1.66 bits per heavy atom. The van der Waals surface area contributed by atoms with Crippen molar-refractivity contribution in [3.8, 4) is 0 Å². The highest BCUT2D eigenvalue weighted by molar-refractivity contribution is 9.10. The van der Waals surface area contributed by atoms with Crippen LogP contribution in [0.1, 0.15) is 42.9 Å². The van der Waals surface area contributed by atoms with Gasteiger partial charge >= 0.3 is 0 Å². The molecule has 2 heterocycles. The molecule has 7 heteroatoms. The number of anilines is 1. The van der Waals surface area contributed by atoms with Gasteiger partial charge in [0.05, 0.1) is 11.6 Å². The summed E-state index contributed by atoms with van der Waals surface area (Å²) in [6, 6.07) is 24.0. The molecule has 0 saturated heterocycles. The van der Waals surface area contributed by atoms with Crippen molar-refractivity contribution in [2.24, 2.45) is 0 Å². The molecule has 1 aliphatic rings. The summed E-state index contributed by atoms with van der Waals surface area (Å²) < 4.78 is 2.64. The van der Waals surface area contributed by atoms with Crippen molar-refractivity contribution in [2.75, 3.05) is 4.90 Å². The summed E-state index contributed by atoms with van der Waals surface area (Å²) in [4.78, 5) is 29.7. The summed E-state index contributed by atoms with van der Waals surface area (Å²) >= 11 is 3.54. The number of amides is 2. The summed E-state index contributed by atoms with van der Waals surface area (Å²) in [5.74, 6) is -0.447. The van der Waals surface area contributed by atoms with E-state index < -0.39 is 17.6 Å². The van der Waals surface area contributed by atoms with E-state index in [0.717, 1.165) is 20.9 Å². The number of nitrogens with one attached hydrogen (secondary N) is 1. The van der Waals surface area contributed by atoms with E-state index in [4.69, 9.17) is 5.10 Å². The number of para-hydroxylation sites is 1. The molecule has 0 aliphatic carbocycles. The molecule has 1 aliphatic heterocycles. The number of hydrogen-bond acceptors (Lipinski definition) is 3. The van der Waals surface area contributed by atoms with E-state index in [2.05, 4.69) is 21.2 Å². The lowest BCUT2D eigenvalue weighted by Crippen LogP contribution is -2.60. The highest BCUT2D eigenvalue weighted by atomic mass is 79.9. The van der Waals surface area contributed by atoms with Crippen LogP contribution in [0.2, 0.25) is 0 Å². The summed E-state index contributed by atoms with van der Waals surface area (Å²) in [6.45, 7) is 5.83. The van der Waals surface area contributed by atoms with Gasteiger partial charge in [0.25, 0.3) is 5.91 Å². The Bertz CT molecular complexity index is 1390. The summed E-state index contributed by atoms with van der Waals surface area (Å²) in [5.41, 5.74) is 2.51. The van der Waals surface area contributed by atoms with Crippen LogP contribution in [0.3, 0.4) is 0 Å². The van der Waals surface area contributed by atoms with Crippen LogP contribution in [0, 0.1) is 0 Å². The number of aromatic nitrogens is 2. The molecule has 2 unspecified atom stereocenters. The zero-order chi connectivity index (χ0) is 24.7. The number of benzene rings is 3. The first-order chi connectivity index (χ1) is 16.7. The third kappa shape index (κ3) is 4.48. The molecule has 6 nitrogen and oxygen atoms in total. The second kappa shape index (κ2) is 8.96. The molecule has 1 N–H and O–H groups in total. The molecule has 0 bridgehead atoms. The van der Waals surface area contributed by atoms with Gasteiger partial charge in [-0.2, -0.15) is 5.10 Å². The smallest absolute Gasteiger partial charge is 0.278 e. The van der Waals surface area contributed by atoms with Crippen molar-refractivity contribution >= 4 is 44.3 Å². The molecule has 5 rings (SSSR count). The van der Waals surface area contributed by atoms with Crippen molar-refractivity contribution < 1.29 is 9.59 Å². The van der Waals surface area contributed by atoms with Crippen LogP contribution in [0.4, 0.5) is 5.69 Å². The fraction of sp³-hybridized carbons (Fsp3) is 0.250. The minimum absolute atomic E-state index is 0.206. The average Bonchev–Trinajstić information content (AvgIpc) is 3.20. The quantitative estimate of drug-likeness (QED) is 0.377. The topological polar surface area (TPSA) is 67.2 Å². The van der Waals surface area contributed by atoms with Crippen molar-refractivity contribution in [3.63, 3.8) is 0 Å². The Morgan fingerprint density at radius 3 is 2.31 bits per heavy atom. The van der Waals surface area contributed by atoms with Crippen molar-refractivity contribution in [1.82, 2.24) is 15.1 Å². The second-order valence-electron chi connectivity index (χ2n) is 9.91. The summed E-state index contributed by atoms with van der Waals surface area (Å²) in [7, 11) is 0. The van der Waals surface area contributed by atoms with E-state index in [0.29, 0.717) is 17.8 Å². The molecule has 3 aromatic carbocycles. The number of carbonyl (C=O) groups is 2. The maximum Gasteiger partial charge on any atom is 0.278 e. The molecular formula is C28H27BrN4O2. The fourth-order valence-electron chi connectivity index (χ4n) is 4.73. The fourth-order valence-corrected chi connectivity index (χ4v) is 5.09. The first-order valence-electron chi connectivity index (χ1n) is 11.7. The zero-order valence-corrected chi connectivity index (χ0v) is 21.5. The summed E-state index contributed by atoms with van der Waals surface area (Å²) in [6.07, 6.45) is 0.543. The highest BCUT2D eigenvalue weighted by Crippen LogP contribution is 2.37. The van der Waals surface area contributed by atoms with Gasteiger partial charge in [-0.1, -0.05) is 64.5 Å². The zero-order valence-electron chi connectivity index (χ0n) is 19.9. The summed E-state index contributed by atoms with van der Waals surface area (Å²) in [5, 5.41) is 8.73. The molecule has 0 saturated carbocycles. The van der Waals surface area contributed by atoms with E-state index in [9.17, 15) is 9.59 Å². The second-order valence-corrected chi connectivity index (χ2v) is 10.8. The Kier molecular flexibility index (Phi) is 5.97. The van der Waals surface area contributed by atoms with Crippen LogP contribution in [0.25, 0.3) is 10.9 Å². The predicted molar refractivity (Wildman–Crippen MR) is 142 cm³/mol. The van der Waals surface area contributed by atoms with Gasteiger partial charge in [0.1, 0.15) is 11.7 Å². The van der Waals surface area contributed by atoms with Crippen LogP contribution in [-0.2, 0) is 11.2 Å². The normalized spacial score (nSPS) is 17.9. The van der Waals surface area contributed by atoms with E-state index in [1.807, 2.05) is 99.6 Å². The van der Waals surface area contributed by atoms with E-state index in [1.54, 1.807) is 9.58 Å². The number of halogens is 1. The molecule has 2 atom stereocenters. The van der Waals surface area contributed by atoms with Gasteiger partial charge < -0.3 is 5.32 Å². The van der Waals surface area contributed by atoms with Crippen LogP contribution in [0.5, 0.6) is 0 Å². The molecule has 0 radical (unpaired) electrons. The largest absolute Gasteiger partial charge is 0.350 e. The van der Waals surface area contributed by atoms with E-state index in [-0.39, 0.29) is 11.8 Å². The van der Waals surface area contributed by atoms with Crippen molar-refractivity contribution in [1.29, 1.82) is 0 Å². The number of fused-ring (bicyclic) bond motifs is 3. The molecule has 35 heavy (non-hydrogen) atoms. The average molecular weight is 531 g/mol. The SMILES string of the molecule is CC(C)(C)NC(=O)C1C(Cc2ccccc2)n2nc3ccc(Br)cc3c2C(=O)N1c1ccccc1. The van der Waals surface area contributed by atoms with E-state index in [1.165, 1.54) is 0 Å². The number of hydrogen-bond donors (Lipinski definition) is 1. The predicted octanol–water partition coefficient (Wildman–Crippen LogP) is 5.53. The number of nitrogens with zero attached hydrogens (tertiary/aromatic N) is 3. The van der Waals surface area contributed by atoms with Crippen LogP contribution in [-0.4, -0.2) is 33.2 Å². The molecule has 0 spiro atoms. The third-order valence-electron chi connectivity index (χ3n) is 6.13. The first-order valence-corrected chi connectivity index (χ1v) is 12.4. The molecule has 1 aromatic heterocycles.